The number of benzene rings is 1. The summed E-state index contributed by atoms with van der Waals surface area (Å²) in [5.41, 5.74) is 4.07. The number of amides is 2. The van der Waals surface area contributed by atoms with Crippen molar-refractivity contribution in [2.75, 3.05) is 6.54 Å². The Kier molecular flexibility index (Phi) is 6.54. The molecule has 0 radical (unpaired) electrons. The second-order valence-corrected chi connectivity index (χ2v) is 6.16. The lowest BCUT2D eigenvalue weighted by molar-refractivity contribution is -0.274. The van der Waals surface area contributed by atoms with Gasteiger partial charge in [-0.05, 0) is 24.3 Å². The molecule has 3 N–H and O–H groups in total. The van der Waals surface area contributed by atoms with E-state index in [9.17, 15) is 31.2 Å². The Labute approximate surface area is 135 Å². The quantitative estimate of drug-likeness (QED) is 0.629. The first kappa shape index (κ1) is 19.7. The summed E-state index contributed by atoms with van der Waals surface area (Å²) >= 11 is 0. The van der Waals surface area contributed by atoms with Gasteiger partial charge in [0.1, 0.15) is 5.75 Å². The molecule has 0 heterocycles. The lowest BCUT2D eigenvalue weighted by Crippen LogP contribution is -2.41. The van der Waals surface area contributed by atoms with Gasteiger partial charge in [-0.3, -0.25) is 20.4 Å². The molecule has 0 aromatic heterocycles. The predicted octanol–water partition coefficient (Wildman–Crippen LogP) is 0.421. The van der Waals surface area contributed by atoms with Crippen LogP contribution in [0.2, 0.25) is 0 Å². The van der Waals surface area contributed by atoms with Crippen LogP contribution in [0.25, 0.3) is 0 Å². The number of alkyl halides is 3. The number of carbonyl (C=O) groups is 2. The fourth-order valence-electron chi connectivity index (χ4n) is 1.42. The number of carbonyl (C=O) groups excluding carboxylic acids is 2. The molecular weight excluding hydrogens is 355 g/mol. The molecule has 12 heteroatoms. The Hall–Kier alpha value is -2.34. The number of hydrazine groups is 1. The SMILES string of the molecule is CC(=O)NNC(=O)CCNS(=O)(=O)c1ccc(OC(F)(F)F)cc1. The number of ether oxygens (including phenoxy) is 1. The van der Waals surface area contributed by atoms with E-state index in [0.29, 0.717) is 0 Å². The van der Waals surface area contributed by atoms with E-state index < -0.39 is 33.9 Å². The zero-order valence-corrected chi connectivity index (χ0v) is 13.1. The number of rotatable bonds is 6. The van der Waals surface area contributed by atoms with Crippen molar-refractivity contribution in [1.29, 1.82) is 0 Å². The first-order valence-corrected chi connectivity index (χ1v) is 7.89. The molecule has 1 aromatic rings. The normalized spacial score (nSPS) is 11.7. The maximum Gasteiger partial charge on any atom is 0.573 e. The molecule has 0 saturated carbocycles. The van der Waals surface area contributed by atoms with Crippen molar-refractivity contribution < 1.29 is 35.9 Å². The van der Waals surface area contributed by atoms with Crippen LogP contribution in [0, 0.1) is 0 Å². The van der Waals surface area contributed by atoms with Crippen LogP contribution in [0.3, 0.4) is 0 Å². The molecule has 24 heavy (non-hydrogen) atoms. The summed E-state index contributed by atoms with van der Waals surface area (Å²) in [5.74, 6) is -1.68. The number of nitrogens with one attached hydrogen (secondary N) is 3. The second kappa shape index (κ2) is 7.97. The van der Waals surface area contributed by atoms with Gasteiger partial charge in [0.25, 0.3) is 0 Å². The van der Waals surface area contributed by atoms with Crippen molar-refractivity contribution >= 4 is 21.8 Å². The Balaban J connectivity index is 2.56. The van der Waals surface area contributed by atoms with Gasteiger partial charge in [0.15, 0.2) is 0 Å². The van der Waals surface area contributed by atoms with Crippen LogP contribution >= 0.6 is 0 Å². The first-order chi connectivity index (χ1) is 11.0. The van der Waals surface area contributed by atoms with Gasteiger partial charge in [0, 0.05) is 19.9 Å². The topological polar surface area (TPSA) is 114 Å². The van der Waals surface area contributed by atoms with Crippen molar-refractivity contribution in [3.63, 3.8) is 0 Å². The van der Waals surface area contributed by atoms with Crippen LogP contribution in [0.15, 0.2) is 29.2 Å². The van der Waals surface area contributed by atoms with Crippen molar-refractivity contribution in [3.05, 3.63) is 24.3 Å². The number of hydrogen-bond acceptors (Lipinski definition) is 5. The van der Waals surface area contributed by atoms with Gasteiger partial charge in [0.2, 0.25) is 21.8 Å². The highest BCUT2D eigenvalue weighted by Crippen LogP contribution is 2.23. The molecule has 0 aliphatic carbocycles. The maximum absolute atomic E-state index is 12.0. The van der Waals surface area contributed by atoms with E-state index in [1.54, 1.807) is 0 Å². The van der Waals surface area contributed by atoms with Crippen LogP contribution < -0.4 is 20.3 Å². The van der Waals surface area contributed by atoms with Gasteiger partial charge in [-0.2, -0.15) is 0 Å². The molecule has 0 bridgehead atoms. The molecular formula is C12H14F3N3O5S. The van der Waals surface area contributed by atoms with E-state index in [2.05, 4.69) is 9.46 Å². The van der Waals surface area contributed by atoms with Crippen LogP contribution in [-0.2, 0) is 19.6 Å². The molecule has 0 spiro atoms. The third kappa shape index (κ3) is 7.28. The summed E-state index contributed by atoms with van der Waals surface area (Å²) in [6.45, 7) is 0.906. The van der Waals surface area contributed by atoms with E-state index in [1.165, 1.54) is 6.92 Å². The minimum absolute atomic E-state index is 0.255. The largest absolute Gasteiger partial charge is 0.573 e. The van der Waals surface area contributed by atoms with E-state index in [-0.39, 0.29) is 17.9 Å². The first-order valence-electron chi connectivity index (χ1n) is 6.40. The monoisotopic (exact) mass is 369 g/mol. The summed E-state index contributed by atoms with van der Waals surface area (Å²) in [4.78, 5) is 21.5. The summed E-state index contributed by atoms with van der Waals surface area (Å²) in [6, 6.07) is 3.57. The Morgan fingerprint density at radius 1 is 1.12 bits per heavy atom. The Bertz CT molecular complexity index is 689. The molecule has 0 saturated heterocycles. The van der Waals surface area contributed by atoms with E-state index >= 15 is 0 Å². The van der Waals surface area contributed by atoms with Crippen LogP contribution in [0.5, 0.6) is 5.75 Å². The molecule has 0 atom stereocenters. The molecule has 8 nitrogen and oxygen atoms in total. The number of sulfonamides is 1. The van der Waals surface area contributed by atoms with Gasteiger partial charge in [-0.1, -0.05) is 0 Å². The molecule has 0 fully saturated rings. The summed E-state index contributed by atoms with van der Waals surface area (Å²) in [7, 11) is -4.00. The lowest BCUT2D eigenvalue weighted by Gasteiger charge is -2.10. The van der Waals surface area contributed by atoms with Gasteiger partial charge < -0.3 is 4.74 Å². The van der Waals surface area contributed by atoms with E-state index in [1.807, 2.05) is 10.9 Å². The van der Waals surface area contributed by atoms with Gasteiger partial charge in [0.05, 0.1) is 4.90 Å². The highest BCUT2D eigenvalue weighted by Gasteiger charge is 2.31. The predicted molar refractivity (Wildman–Crippen MR) is 74.9 cm³/mol. The third-order valence-electron chi connectivity index (χ3n) is 2.39. The summed E-state index contributed by atoms with van der Waals surface area (Å²) in [6.07, 6.45) is -5.13. The summed E-state index contributed by atoms with van der Waals surface area (Å²) in [5, 5.41) is 0. The van der Waals surface area contributed by atoms with Crippen LogP contribution in [0.4, 0.5) is 13.2 Å². The van der Waals surface area contributed by atoms with E-state index in [0.717, 1.165) is 24.3 Å². The standard InChI is InChI=1S/C12H14F3N3O5S/c1-8(19)17-18-11(20)6-7-16-24(21,22)10-4-2-9(3-5-10)23-12(13,14)15/h2-5,16H,6-7H2,1H3,(H,17,19)(H,18,20). The molecule has 1 aromatic carbocycles. The van der Waals surface area contributed by atoms with Crippen molar-refractivity contribution in [2.24, 2.45) is 0 Å². The molecule has 0 aliphatic rings. The van der Waals surface area contributed by atoms with E-state index in [4.69, 9.17) is 0 Å². The average Bonchev–Trinajstić information content (AvgIpc) is 2.43. The fraction of sp³-hybridized carbons (Fsp3) is 0.333. The average molecular weight is 369 g/mol. The fourth-order valence-corrected chi connectivity index (χ4v) is 2.45. The zero-order chi connectivity index (χ0) is 18.4. The Morgan fingerprint density at radius 3 is 2.21 bits per heavy atom. The highest BCUT2D eigenvalue weighted by atomic mass is 32.2. The second-order valence-electron chi connectivity index (χ2n) is 4.40. The molecule has 1 rings (SSSR count). The van der Waals surface area contributed by atoms with Crippen molar-refractivity contribution in [1.82, 2.24) is 15.6 Å². The zero-order valence-electron chi connectivity index (χ0n) is 12.3. The molecule has 0 aliphatic heterocycles. The van der Waals surface area contributed by atoms with Gasteiger partial charge in [-0.25, -0.2) is 13.1 Å². The Morgan fingerprint density at radius 2 is 1.71 bits per heavy atom. The number of hydrogen-bond donors (Lipinski definition) is 3. The minimum atomic E-state index is -4.88. The minimum Gasteiger partial charge on any atom is -0.406 e. The molecule has 134 valence electrons. The van der Waals surface area contributed by atoms with Gasteiger partial charge >= 0.3 is 6.36 Å². The summed E-state index contributed by atoms with van der Waals surface area (Å²) < 4.78 is 65.6. The maximum atomic E-state index is 12.0. The van der Waals surface area contributed by atoms with Crippen LogP contribution in [0.1, 0.15) is 13.3 Å². The smallest absolute Gasteiger partial charge is 0.406 e. The highest BCUT2D eigenvalue weighted by molar-refractivity contribution is 7.89. The molecule has 0 unspecified atom stereocenters. The molecule has 2 amide bonds. The van der Waals surface area contributed by atoms with Gasteiger partial charge in [-0.15, -0.1) is 13.2 Å². The lowest BCUT2D eigenvalue weighted by atomic mass is 10.3. The van der Waals surface area contributed by atoms with Crippen LogP contribution in [-0.4, -0.2) is 33.1 Å². The van der Waals surface area contributed by atoms with Crippen molar-refractivity contribution in [2.45, 2.75) is 24.6 Å². The number of halogens is 3. The third-order valence-corrected chi connectivity index (χ3v) is 3.87. The van der Waals surface area contributed by atoms with Crippen molar-refractivity contribution in [3.8, 4) is 5.75 Å².